The molecule has 1 radical (unpaired) electrons. The molecule has 0 bridgehead atoms. The van der Waals surface area contributed by atoms with Crippen molar-refractivity contribution in [2.75, 3.05) is 0 Å². The molecule has 0 aliphatic heterocycles. The van der Waals surface area contributed by atoms with E-state index >= 15 is 0 Å². The largest absolute Gasteiger partial charge is 0.420 e. The van der Waals surface area contributed by atoms with Crippen molar-refractivity contribution in [1.82, 2.24) is 0 Å². The van der Waals surface area contributed by atoms with Crippen LogP contribution in [0.25, 0.3) is 0 Å². The summed E-state index contributed by atoms with van der Waals surface area (Å²) in [6.45, 7) is 1.72. The molecule has 0 spiro atoms. The highest BCUT2D eigenvalue weighted by Gasteiger charge is 1.89. The van der Waals surface area contributed by atoms with Crippen LogP contribution >= 0.6 is 11.5 Å². The highest BCUT2D eigenvalue weighted by molar-refractivity contribution is 6.89. The van der Waals surface area contributed by atoms with Gasteiger partial charge >= 0.3 is 6.90 Å². The van der Waals surface area contributed by atoms with Crippen LogP contribution in [0.15, 0.2) is 30.3 Å². The van der Waals surface area contributed by atoms with Crippen molar-refractivity contribution in [3.8, 4) is 0 Å². The van der Waals surface area contributed by atoms with Crippen molar-refractivity contribution in [2.45, 2.75) is 6.61 Å². The fourth-order valence-electron chi connectivity index (χ4n) is 0.702. The van der Waals surface area contributed by atoms with Gasteiger partial charge in [0.05, 0.1) is 6.61 Å². The molecule has 0 aliphatic carbocycles. The molecule has 0 amide bonds. The lowest BCUT2D eigenvalue weighted by Gasteiger charge is -1.97. The Balaban J connectivity index is 2.43. The molecule has 0 unspecified atom stereocenters. The Kier molecular flexibility index (Phi) is 3.34. The maximum Gasteiger partial charge on any atom is 0.414 e. The molecule has 0 atom stereocenters. The maximum atomic E-state index is 5.20. The molecule has 51 valence electrons. The van der Waals surface area contributed by atoms with E-state index in [0.717, 1.165) is 5.56 Å². The van der Waals surface area contributed by atoms with Gasteiger partial charge in [0, 0.05) is 0 Å². The molecule has 0 saturated carbocycles. The van der Waals surface area contributed by atoms with E-state index in [-0.39, 0.29) is 0 Å². The predicted molar refractivity (Wildman–Crippen MR) is 42.8 cm³/mol. The van der Waals surface area contributed by atoms with Crippen LogP contribution in [-0.2, 0) is 11.3 Å². The zero-order valence-electron chi connectivity index (χ0n) is 5.46. The lowest BCUT2D eigenvalue weighted by Crippen LogP contribution is -1.91. The molecule has 1 rings (SSSR count). The summed E-state index contributed by atoms with van der Waals surface area (Å²) in [4.78, 5) is 0. The van der Waals surface area contributed by atoms with Gasteiger partial charge in [0.1, 0.15) is 0 Å². The van der Waals surface area contributed by atoms with E-state index in [2.05, 4.69) is 0 Å². The topological polar surface area (TPSA) is 9.23 Å². The van der Waals surface area contributed by atoms with Gasteiger partial charge in [-0.3, -0.25) is 0 Å². The van der Waals surface area contributed by atoms with Crippen LogP contribution in [0.5, 0.6) is 0 Å². The second-order valence-corrected chi connectivity index (χ2v) is 2.06. The number of halogens is 1. The third-order valence-corrected chi connectivity index (χ3v) is 1.28. The van der Waals surface area contributed by atoms with Crippen molar-refractivity contribution in [3.63, 3.8) is 0 Å². The van der Waals surface area contributed by atoms with Crippen LogP contribution in [0.2, 0.25) is 0 Å². The summed E-state index contributed by atoms with van der Waals surface area (Å²) in [5.41, 5.74) is 1.12. The first-order valence-electron chi connectivity index (χ1n) is 3.01. The number of benzene rings is 1. The van der Waals surface area contributed by atoms with E-state index in [1.165, 1.54) is 6.90 Å². The van der Waals surface area contributed by atoms with Crippen molar-refractivity contribution < 1.29 is 4.65 Å². The standard InChI is InChI=1S/C7H7BClO/c9-8-10-6-7-4-2-1-3-5-7/h1-5H,6H2. The molecule has 1 aromatic rings. The Morgan fingerprint density at radius 1 is 1.30 bits per heavy atom. The summed E-state index contributed by atoms with van der Waals surface area (Å²) in [6, 6.07) is 9.87. The van der Waals surface area contributed by atoms with Crippen molar-refractivity contribution in [3.05, 3.63) is 35.9 Å². The van der Waals surface area contributed by atoms with Gasteiger partial charge in [-0.05, 0) is 5.56 Å². The van der Waals surface area contributed by atoms with Crippen LogP contribution < -0.4 is 0 Å². The molecular weight excluding hydrogens is 146 g/mol. The Hall–Kier alpha value is -0.465. The minimum absolute atomic E-state index is 0.546. The maximum absolute atomic E-state index is 5.20. The summed E-state index contributed by atoms with van der Waals surface area (Å²) in [6.07, 6.45) is 0. The van der Waals surface area contributed by atoms with Gasteiger partial charge in [0.15, 0.2) is 0 Å². The quantitative estimate of drug-likeness (QED) is 0.603. The minimum Gasteiger partial charge on any atom is -0.420 e. The van der Waals surface area contributed by atoms with Crippen molar-refractivity contribution >= 4 is 18.4 Å². The molecule has 1 nitrogen and oxygen atoms in total. The summed E-state index contributed by atoms with van der Waals surface area (Å²) in [7, 11) is 0. The van der Waals surface area contributed by atoms with E-state index in [9.17, 15) is 0 Å². The van der Waals surface area contributed by atoms with Gasteiger partial charge < -0.3 is 4.65 Å². The summed E-state index contributed by atoms with van der Waals surface area (Å²) in [5, 5.41) is 0. The van der Waals surface area contributed by atoms with Gasteiger partial charge in [-0.25, -0.2) is 0 Å². The molecule has 3 heteroatoms. The summed E-state index contributed by atoms with van der Waals surface area (Å²) < 4.78 is 4.86. The van der Waals surface area contributed by atoms with Crippen LogP contribution in [0.3, 0.4) is 0 Å². The summed E-state index contributed by atoms with van der Waals surface area (Å²) in [5.74, 6) is 0. The Labute approximate surface area is 66.2 Å². The lowest BCUT2D eigenvalue weighted by atomic mass is 10.2. The van der Waals surface area contributed by atoms with E-state index in [1.807, 2.05) is 30.3 Å². The fraction of sp³-hybridized carbons (Fsp3) is 0.143. The van der Waals surface area contributed by atoms with Crippen LogP contribution in [0.1, 0.15) is 5.56 Å². The van der Waals surface area contributed by atoms with Gasteiger partial charge in [0.25, 0.3) is 0 Å². The van der Waals surface area contributed by atoms with Gasteiger partial charge in [-0.2, -0.15) is 11.5 Å². The van der Waals surface area contributed by atoms with Crippen molar-refractivity contribution in [1.29, 1.82) is 0 Å². The number of hydrogen-bond donors (Lipinski definition) is 0. The average Bonchev–Trinajstić information content (AvgIpc) is 2.03. The first-order chi connectivity index (χ1) is 4.93. The SMILES string of the molecule is Cl[B]OCc1ccccc1. The molecule has 10 heavy (non-hydrogen) atoms. The highest BCUT2D eigenvalue weighted by atomic mass is 35.5. The molecule has 0 aliphatic rings. The van der Waals surface area contributed by atoms with Gasteiger partial charge in [-0.15, -0.1) is 0 Å². The molecular formula is C7H7BClO. The zero-order valence-corrected chi connectivity index (χ0v) is 6.21. The molecule has 0 heterocycles. The van der Waals surface area contributed by atoms with Crippen LogP contribution in [0.4, 0.5) is 0 Å². The Bertz CT molecular complexity index is 178. The second-order valence-electron chi connectivity index (χ2n) is 1.89. The van der Waals surface area contributed by atoms with E-state index in [0.29, 0.717) is 6.61 Å². The van der Waals surface area contributed by atoms with Crippen LogP contribution in [-0.4, -0.2) is 6.90 Å². The number of rotatable bonds is 3. The van der Waals surface area contributed by atoms with Gasteiger partial charge in [0.2, 0.25) is 0 Å². The minimum atomic E-state index is 0.546. The Morgan fingerprint density at radius 2 is 2.00 bits per heavy atom. The van der Waals surface area contributed by atoms with Gasteiger partial charge in [-0.1, -0.05) is 30.3 Å². The molecule has 0 fully saturated rings. The average molecular weight is 153 g/mol. The normalized spacial score (nSPS) is 9.30. The second kappa shape index (κ2) is 4.37. The first kappa shape index (κ1) is 7.64. The fourth-order valence-corrected chi connectivity index (χ4v) is 0.765. The van der Waals surface area contributed by atoms with Crippen molar-refractivity contribution in [2.24, 2.45) is 0 Å². The Morgan fingerprint density at radius 3 is 2.60 bits per heavy atom. The third-order valence-electron chi connectivity index (χ3n) is 1.16. The highest BCUT2D eigenvalue weighted by Crippen LogP contribution is 1.99. The zero-order chi connectivity index (χ0) is 7.23. The van der Waals surface area contributed by atoms with Crippen LogP contribution in [0, 0.1) is 0 Å². The smallest absolute Gasteiger partial charge is 0.414 e. The first-order valence-corrected chi connectivity index (χ1v) is 3.44. The molecule has 0 saturated heterocycles. The molecule has 1 aromatic carbocycles. The number of hydrogen-bond acceptors (Lipinski definition) is 1. The van der Waals surface area contributed by atoms with E-state index < -0.39 is 0 Å². The summed E-state index contributed by atoms with van der Waals surface area (Å²) >= 11 is 5.20. The third kappa shape index (κ3) is 2.42. The van der Waals surface area contributed by atoms with E-state index in [4.69, 9.17) is 16.1 Å². The molecule has 0 N–H and O–H groups in total. The van der Waals surface area contributed by atoms with E-state index in [1.54, 1.807) is 0 Å². The predicted octanol–water partition coefficient (Wildman–Crippen LogP) is 1.98. The lowest BCUT2D eigenvalue weighted by molar-refractivity contribution is 0.334. The monoisotopic (exact) mass is 153 g/mol. The molecule has 0 aromatic heterocycles.